The highest BCUT2D eigenvalue weighted by molar-refractivity contribution is 5.92. The standard InChI is InChI=1S/C20H23N3O2/c24-20(23-11-14-5-6-17(23)9-14)19-10-18(25-21-19)13-22-8-7-15-3-1-2-4-16(15)12-22/h1-4,10,14,17H,5-9,11-13H2/t14-,17-/m0/s1. The van der Waals surface area contributed by atoms with E-state index in [1.807, 2.05) is 11.0 Å². The molecule has 5 heteroatoms. The summed E-state index contributed by atoms with van der Waals surface area (Å²) in [4.78, 5) is 17.1. The van der Waals surface area contributed by atoms with E-state index in [9.17, 15) is 4.79 Å². The molecule has 1 aromatic carbocycles. The summed E-state index contributed by atoms with van der Waals surface area (Å²) in [7, 11) is 0. The summed E-state index contributed by atoms with van der Waals surface area (Å²) < 4.78 is 5.48. The molecule has 1 saturated carbocycles. The zero-order valence-corrected chi connectivity index (χ0v) is 14.4. The molecule has 2 aliphatic heterocycles. The van der Waals surface area contributed by atoms with Gasteiger partial charge in [-0.05, 0) is 42.7 Å². The molecular weight excluding hydrogens is 314 g/mol. The predicted molar refractivity (Wildman–Crippen MR) is 92.9 cm³/mol. The van der Waals surface area contributed by atoms with Crippen molar-refractivity contribution < 1.29 is 9.32 Å². The van der Waals surface area contributed by atoms with E-state index in [0.717, 1.165) is 38.2 Å². The van der Waals surface area contributed by atoms with Crippen LogP contribution in [0.25, 0.3) is 0 Å². The van der Waals surface area contributed by atoms with Crippen molar-refractivity contribution in [3.8, 4) is 0 Å². The molecule has 1 aromatic heterocycles. The van der Waals surface area contributed by atoms with Crippen LogP contribution in [0.15, 0.2) is 34.9 Å². The van der Waals surface area contributed by atoms with E-state index in [4.69, 9.17) is 4.52 Å². The number of aromatic nitrogens is 1. The summed E-state index contributed by atoms with van der Waals surface area (Å²) >= 11 is 0. The van der Waals surface area contributed by atoms with Crippen LogP contribution in [0.5, 0.6) is 0 Å². The Morgan fingerprint density at radius 2 is 2.12 bits per heavy atom. The number of fused-ring (bicyclic) bond motifs is 3. The van der Waals surface area contributed by atoms with E-state index in [2.05, 4.69) is 34.3 Å². The number of carbonyl (C=O) groups excluding carboxylic acids is 1. The summed E-state index contributed by atoms with van der Waals surface area (Å²) in [5, 5.41) is 4.06. The van der Waals surface area contributed by atoms with Crippen LogP contribution in [-0.4, -0.2) is 40.0 Å². The van der Waals surface area contributed by atoms with Gasteiger partial charge in [0.05, 0.1) is 6.54 Å². The lowest BCUT2D eigenvalue weighted by atomic mass is 10.00. The van der Waals surface area contributed by atoms with Gasteiger partial charge in [-0.3, -0.25) is 9.69 Å². The first-order valence-corrected chi connectivity index (χ1v) is 9.32. The second-order valence-corrected chi connectivity index (χ2v) is 7.70. The number of amides is 1. The van der Waals surface area contributed by atoms with Gasteiger partial charge in [-0.1, -0.05) is 29.4 Å². The second-order valence-electron chi connectivity index (χ2n) is 7.70. The van der Waals surface area contributed by atoms with Crippen LogP contribution >= 0.6 is 0 Å². The minimum absolute atomic E-state index is 0.0474. The van der Waals surface area contributed by atoms with Crippen molar-refractivity contribution in [1.82, 2.24) is 15.0 Å². The summed E-state index contributed by atoms with van der Waals surface area (Å²) in [6, 6.07) is 10.9. The normalized spacial score (nSPS) is 25.4. The minimum Gasteiger partial charge on any atom is -0.359 e. The molecule has 25 heavy (non-hydrogen) atoms. The lowest BCUT2D eigenvalue weighted by Crippen LogP contribution is -2.37. The third-order valence-electron chi connectivity index (χ3n) is 6.04. The first-order chi connectivity index (χ1) is 12.3. The monoisotopic (exact) mass is 337 g/mol. The zero-order valence-electron chi connectivity index (χ0n) is 14.4. The Morgan fingerprint density at radius 1 is 1.24 bits per heavy atom. The average molecular weight is 337 g/mol. The Kier molecular flexibility index (Phi) is 3.63. The fraction of sp³-hybridized carbons (Fsp3) is 0.500. The molecule has 3 heterocycles. The maximum atomic E-state index is 12.7. The third kappa shape index (κ3) is 2.76. The Labute approximate surface area is 147 Å². The predicted octanol–water partition coefficient (Wildman–Crippen LogP) is 2.86. The quantitative estimate of drug-likeness (QED) is 0.864. The Balaban J connectivity index is 1.25. The fourth-order valence-corrected chi connectivity index (χ4v) is 4.72. The topological polar surface area (TPSA) is 49.6 Å². The number of hydrogen-bond donors (Lipinski definition) is 0. The molecule has 2 fully saturated rings. The number of nitrogens with zero attached hydrogens (tertiary/aromatic N) is 3. The van der Waals surface area contributed by atoms with Gasteiger partial charge in [0.15, 0.2) is 11.5 Å². The van der Waals surface area contributed by atoms with Crippen LogP contribution in [-0.2, 0) is 19.5 Å². The summed E-state index contributed by atoms with van der Waals surface area (Å²) in [6.07, 6.45) is 4.65. The lowest BCUT2D eigenvalue weighted by Gasteiger charge is -2.27. The first-order valence-electron chi connectivity index (χ1n) is 9.32. The summed E-state index contributed by atoms with van der Waals surface area (Å²) in [5.74, 6) is 1.53. The van der Waals surface area contributed by atoms with Crippen LogP contribution in [0.2, 0.25) is 0 Å². The van der Waals surface area contributed by atoms with E-state index in [-0.39, 0.29) is 5.91 Å². The van der Waals surface area contributed by atoms with Crippen molar-refractivity contribution >= 4 is 5.91 Å². The van der Waals surface area contributed by atoms with Gasteiger partial charge in [-0.25, -0.2) is 0 Å². The zero-order chi connectivity index (χ0) is 16.8. The number of carbonyl (C=O) groups is 1. The molecule has 0 radical (unpaired) electrons. The third-order valence-corrected chi connectivity index (χ3v) is 6.04. The van der Waals surface area contributed by atoms with Gasteiger partial charge in [0.25, 0.3) is 5.91 Å². The molecule has 2 aromatic rings. The van der Waals surface area contributed by atoms with Gasteiger partial charge >= 0.3 is 0 Å². The maximum absolute atomic E-state index is 12.7. The summed E-state index contributed by atoms with van der Waals surface area (Å²) in [6.45, 7) is 3.54. The highest BCUT2D eigenvalue weighted by Gasteiger charge is 2.41. The van der Waals surface area contributed by atoms with Crippen LogP contribution < -0.4 is 0 Å². The average Bonchev–Trinajstić information content (AvgIpc) is 3.38. The maximum Gasteiger partial charge on any atom is 0.276 e. The molecule has 2 atom stereocenters. The molecule has 5 rings (SSSR count). The number of likely N-dealkylation sites (tertiary alicyclic amines) is 1. The van der Waals surface area contributed by atoms with Crippen molar-refractivity contribution in [1.29, 1.82) is 0 Å². The van der Waals surface area contributed by atoms with Gasteiger partial charge in [-0.2, -0.15) is 0 Å². The number of hydrogen-bond acceptors (Lipinski definition) is 4. The molecule has 1 aliphatic carbocycles. The minimum atomic E-state index is 0.0474. The number of piperidine rings is 1. The Hall–Kier alpha value is -2.14. The van der Waals surface area contributed by atoms with Crippen molar-refractivity contribution in [2.45, 2.75) is 44.8 Å². The first kappa shape index (κ1) is 15.1. The van der Waals surface area contributed by atoms with E-state index < -0.39 is 0 Å². The molecule has 130 valence electrons. The fourth-order valence-electron chi connectivity index (χ4n) is 4.72. The molecule has 3 aliphatic rings. The van der Waals surface area contributed by atoms with Gasteiger partial charge in [0.2, 0.25) is 0 Å². The smallest absolute Gasteiger partial charge is 0.276 e. The molecule has 5 nitrogen and oxygen atoms in total. The highest BCUT2D eigenvalue weighted by Crippen LogP contribution is 2.38. The van der Waals surface area contributed by atoms with Crippen LogP contribution in [0.3, 0.4) is 0 Å². The molecular formula is C20H23N3O2. The van der Waals surface area contributed by atoms with Gasteiger partial charge in [-0.15, -0.1) is 0 Å². The van der Waals surface area contributed by atoms with Crippen LogP contribution in [0.1, 0.15) is 46.6 Å². The van der Waals surface area contributed by atoms with Gasteiger partial charge < -0.3 is 9.42 Å². The molecule has 1 amide bonds. The van der Waals surface area contributed by atoms with E-state index in [0.29, 0.717) is 24.2 Å². The van der Waals surface area contributed by atoms with Crippen molar-refractivity contribution in [3.05, 3.63) is 52.9 Å². The molecule has 2 bridgehead atoms. The lowest BCUT2D eigenvalue weighted by molar-refractivity contribution is 0.0693. The van der Waals surface area contributed by atoms with E-state index in [1.54, 1.807) is 0 Å². The molecule has 0 spiro atoms. The molecule has 0 unspecified atom stereocenters. The van der Waals surface area contributed by atoms with E-state index in [1.165, 1.54) is 24.0 Å². The van der Waals surface area contributed by atoms with Crippen LogP contribution in [0.4, 0.5) is 0 Å². The largest absolute Gasteiger partial charge is 0.359 e. The van der Waals surface area contributed by atoms with Crippen LogP contribution in [0, 0.1) is 5.92 Å². The van der Waals surface area contributed by atoms with E-state index >= 15 is 0 Å². The van der Waals surface area contributed by atoms with Crippen molar-refractivity contribution in [2.75, 3.05) is 13.1 Å². The van der Waals surface area contributed by atoms with Gasteiger partial charge in [0.1, 0.15) is 0 Å². The Bertz CT molecular complexity index is 800. The molecule has 1 saturated heterocycles. The van der Waals surface area contributed by atoms with Gasteiger partial charge in [0, 0.05) is 31.7 Å². The number of rotatable bonds is 3. The molecule has 0 N–H and O–H groups in total. The Morgan fingerprint density at radius 3 is 2.92 bits per heavy atom. The summed E-state index contributed by atoms with van der Waals surface area (Å²) in [5.41, 5.74) is 3.30. The van der Waals surface area contributed by atoms with Crippen molar-refractivity contribution in [3.63, 3.8) is 0 Å². The SMILES string of the molecule is O=C(c1cc(CN2CCc3ccccc3C2)on1)N1C[C@H]2CC[C@H]1C2. The number of benzene rings is 1. The highest BCUT2D eigenvalue weighted by atomic mass is 16.5. The van der Waals surface area contributed by atoms with Crippen molar-refractivity contribution in [2.24, 2.45) is 5.92 Å². The second kappa shape index (κ2) is 5.99.